The second-order valence-electron chi connectivity index (χ2n) is 6.91. The average molecular weight is 445 g/mol. The van der Waals surface area contributed by atoms with Gasteiger partial charge in [0.1, 0.15) is 17.2 Å². The highest BCUT2D eigenvalue weighted by Gasteiger charge is 2.39. The summed E-state index contributed by atoms with van der Waals surface area (Å²) in [6.07, 6.45) is 0. The number of halogens is 3. The molecule has 1 aromatic carbocycles. The van der Waals surface area contributed by atoms with Crippen molar-refractivity contribution in [2.24, 2.45) is 0 Å². The van der Waals surface area contributed by atoms with E-state index in [-0.39, 0.29) is 17.3 Å². The van der Waals surface area contributed by atoms with Gasteiger partial charge in [-0.05, 0) is 43.3 Å². The number of aromatic amines is 1. The summed E-state index contributed by atoms with van der Waals surface area (Å²) in [5.74, 6) is -5.47. The molecule has 166 valence electrons. The van der Waals surface area contributed by atoms with Crippen LogP contribution < -0.4 is 5.32 Å². The highest BCUT2D eigenvalue weighted by Crippen LogP contribution is 2.35. The number of benzene rings is 1. The summed E-state index contributed by atoms with van der Waals surface area (Å²) in [5, 5.41) is 10.6. The summed E-state index contributed by atoms with van der Waals surface area (Å²) in [4.78, 5) is 25.6. The van der Waals surface area contributed by atoms with Crippen molar-refractivity contribution in [3.63, 3.8) is 0 Å². The Morgan fingerprint density at radius 3 is 2.53 bits per heavy atom. The largest absolute Gasteiger partial charge is 0.331 e. The summed E-state index contributed by atoms with van der Waals surface area (Å²) in [5.41, 5.74) is 0.361. The van der Waals surface area contributed by atoms with E-state index in [1.54, 1.807) is 13.0 Å². The standard InChI is InChI=1S/C20H18F3N7O2/c1-11-10-15(28-27-11)24-19-26-18(20(22,23)12-4-6-13(21)7-5-12)25-16-9-8-14(30(16)19)17(31)29(2)32-3/h4-10H,1-3H3,(H2,24,25,26,27,28). The van der Waals surface area contributed by atoms with Crippen LogP contribution in [-0.4, -0.2) is 49.7 Å². The number of hydroxylamine groups is 2. The molecule has 4 rings (SSSR count). The van der Waals surface area contributed by atoms with E-state index in [1.165, 1.54) is 30.7 Å². The molecule has 3 aromatic heterocycles. The SMILES string of the molecule is CON(C)C(=O)c1ccc2nc(C(F)(F)c3ccc(F)cc3)nc(Nc3cc(C)[nH]n3)n12. The molecule has 2 N–H and O–H groups in total. The van der Waals surface area contributed by atoms with Crippen molar-refractivity contribution in [2.45, 2.75) is 12.8 Å². The Balaban J connectivity index is 1.89. The molecule has 0 unspecified atom stereocenters. The zero-order valence-corrected chi connectivity index (χ0v) is 17.2. The number of carbonyl (C=O) groups is 1. The molecule has 0 aliphatic carbocycles. The zero-order valence-electron chi connectivity index (χ0n) is 17.2. The Labute approximate surface area is 179 Å². The number of carbonyl (C=O) groups excluding carboxylic acids is 1. The number of hydrogen-bond acceptors (Lipinski definition) is 6. The molecule has 9 nitrogen and oxygen atoms in total. The molecular weight excluding hydrogens is 427 g/mol. The van der Waals surface area contributed by atoms with Crippen molar-refractivity contribution in [2.75, 3.05) is 19.5 Å². The predicted octanol–water partition coefficient (Wildman–Crippen LogP) is 3.42. The topological polar surface area (TPSA) is 100 Å². The van der Waals surface area contributed by atoms with Gasteiger partial charge in [-0.2, -0.15) is 18.9 Å². The normalized spacial score (nSPS) is 11.7. The van der Waals surface area contributed by atoms with E-state index in [1.807, 2.05) is 0 Å². The predicted molar refractivity (Wildman–Crippen MR) is 108 cm³/mol. The van der Waals surface area contributed by atoms with Crippen LogP contribution in [0.3, 0.4) is 0 Å². The Morgan fingerprint density at radius 1 is 1.19 bits per heavy atom. The number of amides is 1. The maximum absolute atomic E-state index is 15.2. The molecule has 0 fully saturated rings. The van der Waals surface area contributed by atoms with Gasteiger partial charge < -0.3 is 5.32 Å². The molecule has 0 saturated carbocycles. The molecular formula is C20H18F3N7O2. The lowest BCUT2D eigenvalue weighted by Gasteiger charge is -2.18. The fourth-order valence-electron chi connectivity index (χ4n) is 3.04. The first-order chi connectivity index (χ1) is 15.2. The van der Waals surface area contributed by atoms with E-state index in [2.05, 4.69) is 25.5 Å². The number of nitrogens with zero attached hydrogens (tertiary/aromatic N) is 5. The van der Waals surface area contributed by atoms with Gasteiger partial charge in [0.2, 0.25) is 11.8 Å². The highest BCUT2D eigenvalue weighted by atomic mass is 19.3. The van der Waals surface area contributed by atoms with Crippen LogP contribution in [0.25, 0.3) is 5.65 Å². The zero-order chi connectivity index (χ0) is 23.0. The Kier molecular flexibility index (Phi) is 5.30. The van der Waals surface area contributed by atoms with Gasteiger partial charge in [0, 0.05) is 24.4 Å². The molecule has 0 saturated heterocycles. The number of hydrogen-bond donors (Lipinski definition) is 2. The van der Waals surface area contributed by atoms with Gasteiger partial charge in [0.05, 0.1) is 7.11 Å². The first-order valence-corrected chi connectivity index (χ1v) is 9.35. The number of fused-ring (bicyclic) bond motifs is 1. The van der Waals surface area contributed by atoms with Crippen molar-refractivity contribution >= 4 is 23.3 Å². The first kappa shape index (κ1) is 21.3. The number of anilines is 2. The van der Waals surface area contributed by atoms with Crippen LogP contribution in [0.4, 0.5) is 24.9 Å². The van der Waals surface area contributed by atoms with Crippen LogP contribution in [0.5, 0.6) is 0 Å². The van der Waals surface area contributed by atoms with E-state index in [0.717, 1.165) is 35.0 Å². The number of rotatable bonds is 6. The summed E-state index contributed by atoms with van der Waals surface area (Å²) in [7, 11) is 2.72. The molecule has 3 heterocycles. The number of H-pyrrole nitrogens is 1. The summed E-state index contributed by atoms with van der Waals surface area (Å²) >= 11 is 0. The minimum absolute atomic E-state index is 0.0411. The van der Waals surface area contributed by atoms with Crippen LogP contribution in [0.15, 0.2) is 42.5 Å². The minimum atomic E-state index is -3.63. The molecule has 32 heavy (non-hydrogen) atoms. The third-order valence-electron chi connectivity index (χ3n) is 4.72. The van der Waals surface area contributed by atoms with Crippen LogP contribution in [0.2, 0.25) is 0 Å². The van der Waals surface area contributed by atoms with Gasteiger partial charge in [-0.3, -0.25) is 19.1 Å². The van der Waals surface area contributed by atoms with Gasteiger partial charge in [0.15, 0.2) is 5.82 Å². The fraction of sp³-hybridized carbons (Fsp3) is 0.200. The summed E-state index contributed by atoms with van der Waals surface area (Å²) in [6, 6.07) is 8.26. The average Bonchev–Trinajstić information content (AvgIpc) is 3.39. The fourth-order valence-corrected chi connectivity index (χ4v) is 3.04. The molecule has 0 spiro atoms. The Hall–Kier alpha value is -3.93. The minimum Gasteiger partial charge on any atom is -0.308 e. The monoisotopic (exact) mass is 445 g/mol. The molecule has 4 aromatic rings. The van der Waals surface area contributed by atoms with Crippen molar-refractivity contribution < 1.29 is 22.8 Å². The van der Waals surface area contributed by atoms with Crippen molar-refractivity contribution in [3.8, 4) is 0 Å². The number of aromatic nitrogens is 5. The Bertz CT molecular complexity index is 1280. The quantitative estimate of drug-likeness (QED) is 0.441. The Morgan fingerprint density at radius 2 is 1.91 bits per heavy atom. The molecule has 0 aliphatic rings. The van der Waals surface area contributed by atoms with Gasteiger partial charge in [-0.25, -0.2) is 14.4 Å². The highest BCUT2D eigenvalue weighted by molar-refractivity contribution is 5.93. The van der Waals surface area contributed by atoms with E-state index in [9.17, 15) is 9.18 Å². The van der Waals surface area contributed by atoms with Crippen LogP contribution in [0.1, 0.15) is 27.6 Å². The summed E-state index contributed by atoms with van der Waals surface area (Å²) < 4.78 is 44.9. The third kappa shape index (κ3) is 3.75. The first-order valence-electron chi connectivity index (χ1n) is 9.35. The van der Waals surface area contributed by atoms with E-state index in [0.29, 0.717) is 5.82 Å². The van der Waals surface area contributed by atoms with Crippen molar-refractivity contribution in [3.05, 3.63) is 71.1 Å². The second kappa shape index (κ2) is 7.96. The molecule has 0 atom stereocenters. The van der Waals surface area contributed by atoms with Crippen LogP contribution >= 0.6 is 0 Å². The van der Waals surface area contributed by atoms with Gasteiger partial charge in [0.25, 0.3) is 5.91 Å². The van der Waals surface area contributed by atoms with Gasteiger partial charge in [-0.15, -0.1) is 0 Å². The maximum Gasteiger partial charge on any atom is 0.331 e. The lowest BCUT2D eigenvalue weighted by molar-refractivity contribution is -0.0761. The molecule has 0 radical (unpaired) electrons. The van der Waals surface area contributed by atoms with E-state index >= 15 is 8.78 Å². The number of aryl methyl sites for hydroxylation is 1. The maximum atomic E-state index is 15.2. The van der Waals surface area contributed by atoms with Gasteiger partial charge in [-0.1, -0.05) is 0 Å². The second-order valence-corrected chi connectivity index (χ2v) is 6.91. The van der Waals surface area contributed by atoms with Crippen LogP contribution in [-0.2, 0) is 10.8 Å². The lowest BCUT2D eigenvalue weighted by Crippen LogP contribution is -2.27. The van der Waals surface area contributed by atoms with Gasteiger partial charge >= 0.3 is 5.92 Å². The van der Waals surface area contributed by atoms with Crippen molar-refractivity contribution in [1.29, 1.82) is 0 Å². The van der Waals surface area contributed by atoms with Crippen LogP contribution in [0, 0.1) is 12.7 Å². The molecule has 0 bridgehead atoms. The smallest absolute Gasteiger partial charge is 0.308 e. The molecule has 1 amide bonds. The molecule has 12 heteroatoms. The third-order valence-corrected chi connectivity index (χ3v) is 4.72. The summed E-state index contributed by atoms with van der Waals surface area (Å²) in [6.45, 7) is 1.76. The number of nitrogens with one attached hydrogen (secondary N) is 2. The van der Waals surface area contributed by atoms with E-state index in [4.69, 9.17) is 4.84 Å². The van der Waals surface area contributed by atoms with Crippen molar-refractivity contribution in [1.82, 2.24) is 29.6 Å². The van der Waals surface area contributed by atoms with E-state index < -0.39 is 29.0 Å². The lowest BCUT2D eigenvalue weighted by atomic mass is 10.1. The number of alkyl halides is 2. The molecule has 0 aliphatic heterocycles.